The number of rotatable bonds is 3. The lowest BCUT2D eigenvalue weighted by atomic mass is 10.1. The van der Waals surface area contributed by atoms with E-state index in [9.17, 15) is 13.6 Å². The molecule has 5 nitrogen and oxygen atoms in total. The second-order valence-corrected chi connectivity index (χ2v) is 3.80. The Balaban J connectivity index is 2.69. The molecule has 1 N–H and O–H groups in total. The van der Waals surface area contributed by atoms with Crippen LogP contribution in [0.4, 0.5) is 8.78 Å². The highest BCUT2D eigenvalue weighted by atomic mass is 19.1. The smallest absolute Gasteiger partial charge is 0.339 e. The molecule has 0 amide bonds. The molecule has 0 aliphatic rings. The lowest BCUT2D eigenvalue weighted by Crippen LogP contribution is -2.03. The summed E-state index contributed by atoms with van der Waals surface area (Å²) in [5.74, 6) is -3.08. The quantitative estimate of drug-likeness (QED) is 0.925. The van der Waals surface area contributed by atoms with Gasteiger partial charge in [0.05, 0.1) is 19.0 Å². The van der Waals surface area contributed by atoms with Gasteiger partial charge in [-0.2, -0.15) is 5.10 Å². The van der Waals surface area contributed by atoms with Gasteiger partial charge in [-0.1, -0.05) is 0 Å². The number of ether oxygens (including phenoxy) is 1. The van der Waals surface area contributed by atoms with Crippen molar-refractivity contribution in [1.29, 1.82) is 0 Å². The highest BCUT2D eigenvalue weighted by Gasteiger charge is 2.21. The van der Waals surface area contributed by atoms with Crippen molar-refractivity contribution >= 4 is 5.97 Å². The van der Waals surface area contributed by atoms with Gasteiger partial charge in [0.1, 0.15) is 11.4 Å². The SMILES string of the molecule is COc1cc(F)c(-c2c(C(=O)O)cnn2C)cc1F. The summed E-state index contributed by atoms with van der Waals surface area (Å²) in [6.45, 7) is 0. The highest BCUT2D eigenvalue weighted by Crippen LogP contribution is 2.30. The second kappa shape index (κ2) is 4.68. The number of nitrogens with zero attached hydrogens (tertiary/aromatic N) is 2. The van der Waals surface area contributed by atoms with Gasteiger partial charge in [-0.25, -0.2) is 13.6 Å². The standard InChI is InChI=1S/C12H10F2N2O3/c1-16-11(7(5-15-16)12(17)18)6-3-9(14)10(19-2)4-8(6)13/h3-5H,1-2H3,(H,17,18). The topological polar surface area (TPSA) is 64.3 Å². The van der Waals surface area contributed by atoms with Crippen LogP contribution < -0.4 is 4.74 Å². The van der Waals surface area contributed by atoms with E-state index in [1.165, 1.54) is 18.8 Å². The van der Waals surface area contributed by atoms with Gasteiger partial charge in [-0.15, -0.1) is 0 Å². The number of carboxylic acids is 1. The molecule has 0 unspecified atom stereocenters. The summed E-state index contributed by atoms with van der Waals surface area (Å²) in [4.78, 5) is 11.0. The molecule has 0 aliphatic heterocycles. The average Bonchev–Trinajstić information content (AvgIpc) is 2.73. The Bertz CT molecular complexity index is 653. The van der Waals surface area contributed by atoms with E-state index in [1.54, 1.807) is 0 Å². The number of carboxylic acid groups (broad SMARTS) is 1. The van der Waals surface area contributed by atoms with E-state index >= 15 is 0 Å². The van der Waals surface area contributed by atoms with Crippen LogP contribution in [0.25, 0.3) is 11.3 Å². The third kappa shape index (κ3) is 2.14. The molecule has 0 spiro atoms. The maximum Gasteiger partial charge on any atom is 0.339 e. The molecule has 0 saturated carbocycles. The summed E-state index contributed by atoms with van der Waals surface area (Å²) >= 11 is 0. The number of halogens is 2. The van der Waals surface area contributed by atoms with Crippen LogP contribution in [0.2, 0.25) is 0 Å². The fourth-order valence-electron chi connectivity index (χ4n) is 1.78. The summed E-state index contributed by atoms with van der Waals surface area (Å²) in [7, 11) is 2.66. The summed E-state index contributed by atoms with van der Waals surface area (Å²) in [5.41, 5.74) is -0.395. The van der Waals surface area contributed by atoms with Crippen LogP contribution in [-0.4, -0.2) is 28.0 Å². The number of carbonyl (C=O) groups is 1. The first kappa shape index (κ1) is 13.0. The molecule has 0 aliphatic carbocycles. The van der Waals surface area contributed by atoms with Crippen LogP contribution in [0.3, 0.4) is 0 Å². The molecule has 0 fully saturated rings. The number of methoxy groups -OCH3 is 1. The Labute approximate surface area is 107 Å². The summed E-state index contributed by atoms with van der Waals surface area (Å²) < 4.78 is 33.4. The minimum Gasteiger partial charge on any atom is -0.494 e. The maximum atomic E-state index is 13.9. The highest BCUT2D eigenvalue weighted by molar-refractivity contribution is 5.94. The summed E-state index contributed by atoms with van der Waals surface area (Å²) in [6.07, 6.45) is 1.08. The molecular weight excluding hydrogens is 258 g/mol. The van der Waals surface area contributed by atoms with Gasteiger partial charge in [-0.05, 0) is 6.07 Å². The predicted molar refractivity (Wildman–Crippen MR) is 62.1 cm³/mol. The van der Waals surface area contributed by atoms with Crippen molar-refractivity contribution in [2.24, 2.45) is 7.05 Å². The molecule has 0 radical (unpaired) electrons. The van der Waals surface area contributed by atoms with Crippen molar-refractivity contribution in [3.05, 3.63) is 35.5 Å². The van der Waals surface area contributed by atoms with Crippen LogP contribution in [0.15, 0.2) is 18.3 Å². The van der Waals surface area contributed by atoms with Gasteiger partial charge < -0.3 is 9.84 Å². The molecule has 1 aromatic heterocycles. The molecule has 0 saturated heterocycles. The molecule has 1 heterocycles. The maximum absolute atomic E-state index is 13.9. The van der Waals surface area contributed by atoms with Gasteiger partial charge in [0.2, 0.25) is 0 Å². The monoisotopic (exact) mass is 268 g/mol. The fraction of sp³-hybridized carbons (Fsp3) is 0.167. The van der Waals surface area contributed by atoms with E-state index in [0.29, 0.717) is 0 Å². The second-order valence-electron chi connectivity index (χ2n) is 3.80. The van der Waals surface area contributed by atoms with Crippen LogP contribution in [0.5, 0.6) is 5.75 Å². The first-order valence-corrected chi connectivity index (χ1v) is 5.24. The molecule has 2 rings (SSSR count). The Morgan fingerprint density at radius 3 is 2.63 bits per heavy atom. The summed E-state index contributed by atoms with van der Waals surface area (Å²) in [5, 5.41) is 12.8. The van der Waals surface area contributed by atoms with E-state index in [0.717, 1.165) is 18.3 Å². The summed E-state index contributed by atoms with van der Waals surface area (Å²) in [6, 6.07) is 1.75. The number of aryl methyl sites for hydroxylation is 1. The first-order valence-electron chi connectivity index (χ1n) is 5.24. The zero-order valence-electron chi connectivity index (χ0n) is 10.1. The molecule has 0 atom stereocenters. The largest absolute Gasteiger partial charge is 0.494 e. The minimum absolute atomic E-state index is 0.00782. The van der Waals surface area contributed by atoms with E-state index in [1.807, 2.05) is 0 Å². The number of hydrogen-bond donors (Lipinski definition) is 1. The Morgan fingerprint density at radius 2 is 2.05 bits per heavy atom. The van der Waals surface area contributed by atoms with Crippen molar-refractivity contribution in [3.8, 4) is 17.0 Å². The van der Waals surface area contributed by atoms with Gasteiger partial charge in [0.25, 0.3) is 0 Å². The number of benzene rings is 1. The van der Waals surface area contributed by atoms with E-state index < -0.39 is 17.6 Å². The normalized spacial score (nSPS) is 10.5. The van der Waals surface area contributed by atoms with Gasteiger partial charge in [-0.3, -0.25) is 4.68 Å². The van der Waals surface area contributed by atoms with Crippen molar-refractivity contribution in [2.75, 3.05) is 7.11 Å². The molecular formula is C12H10F2N2O3. The third-order valence-electron chi connectivity index (χ3n) is 2.67. The Kier molecular flexibility index (Phi) is 3.20. The first-order chi connectivity index (χ1) is 8.95. The van der Waals surface area contributed by atoms with Crippen LogP contribution in [-0.2, 0) is 7.05 Å². The van der Waals surface area contributed by atoms with Gasteiger partial charge in [0, 0.05) is 18.7 Å². The number of aromatic nitrogens is 2. The van der Waals surface area contributed by atoms with Gasteiger partial charge >= 0.3 is 5.97 Å². The van der Waals surface area contributed by atoms with E-state index in [-0.39, 0.29) is 22.6 Å². The molecule has 19 heavy (non-hydrogen) atoms. The van der Waals surface area contributed by atoms with Crippen molar-refractivity contribution in [2.45, 2.75) is 0 Å². The molecule has 100 valence electrons. The lowest BCUT2D eigenvalue weighted by Gasteiger charge is -2.08. The Morgan fingerprint density at radius 1 is 1.37 bits per heavy atom. The van der Waals surface area contributed by atoms with Crippen LogP contribution in [0, 0.1) is 11.6 Å². The van der Waals surface area contributed by atoms with Gasteiger partial charge in [0.15, 0.2) is 11.6 Å². The lowest BCUT2D eigenvalue weighted by molar-refractivity contribution is 0.0697. The Hall–Kier alpha value is -2.44. The number of hydrogen-bond acceptors (Lipinski definition) is 3. The van der Waals surface area contributed by atoms with Crippen molar-refractivity contribution < 1.29 is 23.4 Å². The molecule has 0 bridgehead atoms. The van der Waals surface area contributed by atoms with E-state index in [4.69, 9.17) is 5.11 Å². The van der Waals surface area contributed by atoms with Crippen LogP contribution >= 0.6 is 0 Å². The minimum atomic E-state index is -1.27. The van der Waals surface area contributed by atoms with Crippen molar-refractivity contribution in [1.82, 2.24) is 9.78 Å². The molecule has 2 aromatic rings. The fourth-order valence-corrected chi connectivity index (χ4v) is 1.78. The third-order valence-corrected chi connectivity index (χ3v) is 2.67. The van der Waals surface area contributed by atoms with Crippen LogP contribution in [0.1, 0.15) is 10.4 Å². The molecule has 7 heteroatoms. The average molecular weight is 268 g/mol. The zero-order chi connectivity index (χ0) is 14.2. The predicted octanol–water partition coefficient (Wildman–Crippen LogP) is 2.07. The van der Waals surface area contributed by atoms with Crippen molar-refractivity contribution in [3.63, 3.8) is 0 Å². The number of aromatic carboxylic acids is 1. The molecule has 1 aromatic carbocycles. The zero-order valence-corrected chi connectivity index (χ0v) is 10.1. The van der Waals surface area contributed by atoms with E-state index in [2.05, 4.69) is 9.84 Å².